The second-order valence-electron chi connectivity index (χ2n) is 7.92. The molecule has 1 fully saturated rings. The van der Waals surface area contributed by atoms with Crippen LogP contribution in [0.4, 0.5) is 11.4 Å². The van der Waals surface area contributed by atoms with Crippen molar-refractivity contribution < 1.29 is 14.3 Å². The molecule has 1 saturated heterocycles. The Kier molecular flexibility index (Phi) is 6.98. The van der Waals surface area contributed by atoms with E-state index in [1.807, 2.05) is 39.8 Å². The van der Waals surface area contributed by atoms with E-state index in [1.54, 1.807) is 18.2 Å². The smallest absolute Gasteiger partial charge is 0.255 e. The lowest BCUT2D eigenvalue weighted by molar-refractivity contribution is -0.118. The van der Waals surface area contributed by atoms with Crippen LogP contribution in [0, 0.1) is 5.92 Å². The molecule has 1 heterocycles. The van der Waals surface area contributed by atoms with Crippen LogP contribution in [-0.4, -0.2) is 31.5 Å². The van der Waals surface area contributed by atoms with Gasteiger partial charge in [-0.2, -0.15) is 0 Å². The quantitative estimate of drug-likeness (QED) is 0.679. The summed E-state index contributed by atoms with van der Waals surface area (Å²) in [6.07, 6.45) is 1.22. The van der Waals surface area contributed by atoms with Crippen molar-refractivity contribution in [3.05, 3.63) is 53.6 Å². The SMILES string of the molecule is CCOc1ccc(NC(=O)C(C)C)cc1C(=O)NC(C)c1cccc(N2CCC2)c1. The van der Waals surface area contributed by atoms with Gasteiger partial charge in [0, 0.05) is 30.4 Å². The largest absolute Gasteiger partial charge is 0.493 e. The highest BCUT2D eigenvalue weighted by molar-refractivity contribution is 6.00. The van der Waals surface area contributed by atoms with Crippen molar-refractivity contribution in [1.82, 2.24) is 5.32 Å². The van der Waals surface area contributed by atoms with E-state index < -0.39 is 0 Å². The van der Waals surface area contributed by atoms with Crippen molar-refractivity contribution >= 4 is 23.2 Å². The summed E-state index contributed by atoms with van der Waals surface area (Å²) in [5.41, 5.74) is 3.22. The number of carbonyl (C=O) groups is 2. The Balaban J connectivity index is 1.77. The first-order chi connectivity index (χ1) is 14.4. The van der Waals surface area contributed by atoms with Gasteiger partial charge in [0.05, 0.1) is 18.2 Å². The lowest BCUT2D eigenvalue weighted by Gasteiger charge is -2.33. The fourth-order valence-corrected chi connectivity index (χ4v) is 3.28. The van der Waals surface area contributed by atoms with E-state index in [1.165, 1.54) is 12.1 Å². The van der Waals surface area contributed by atoms with E-state index in [9.17, 15) is 9.59 Å². The average Bonchev–Trinajstić information content (AvgIpc) is 2.68. The van der Waals surface area contributed by atoms with Gasteiger partial charge in [-0.3, -0.25) is 9.59 Å². The molecule has 0 radical (unpaired) electrons. The van der Waals surface area contributed by atoms with Gasteiger partial charge < -0.3 is 20.3 Å². The van der Waals surface area contributed by atoms with Crippen molar-refractivity contribution in [3.63, 3.8) is 0 Å². The minimum atomic E-state index is -0.235. The van der Waals surface area contributed by atoms with Crippen LogP contribution >= 0.6 is 0 Å². The zero-order valence-electron chi connectivity index (χ0n) is 18.2. The maximum atomic E-state index is 13.1. The summed E-state index contributed by atoms with van der Waals surface area (Å²) in [6, 6.07) is 13.3. The molecular weight excluding hydrogens is 378 g/mol. The van der Waals surface area contributed by atoms with E-state index in [2.05, 4.69) is 27.7 Å². The normalized spacial score (nSPS) is 14.1. The molecule has 0 aromatic heterocycles. The standard InChI is InChI=1S/C24H31N3O3/c1-5-30-22-11-10-19(26-23(28)16(2)3)15-21(22)24(29)25-17(4)18-8-6-9-20(14-18)27-12-7-13-27/h6,8-11,14-17H,5,7,12-13H2,1-4H3,(H,25,29)(H,26,28). The molecule has 2 N–H and O–H groups in total. The molecule has 6 heteroatoms. The molecule has 1 aliphatic rings. The van der Waals surface area contributed by atoms with Crippen LogP contribution in [0.25, 0.3) is 0 Å². The van der Waals surface area contributed by atoms with Gasteiger partial charge in [0.1, 0.15) is 5.75 Å². The highest BCUT2D eigenvalue weighted by Crippen LogP contribution is 2.27. The second kappa shape index (κ2) is 9.65. The molecule has 0 saturated carbocycles. The van der Waals surface area contributed by atoms with Crippen LogP contribution in [0.2, 0.25) is 0 Å². The number of hydrogen-bond donors (Lipinski definition) is 2. The molecule has 6 nitrogen and oxygen atoms in total. The van der Waals surface area contributed by atoms with Crippen LogP contribution in [0.3, 0.4) is 0 Å². The summed E-state index contributed by atoms with van der Waals surface area (Å²) in [5.74, 6) is 0.0225. The summed E-state index contributed by atoms with van der Waals surface area (Å²) in [7, 11) is 0. The fraction of sp³-hybridized carbons (Fsp3) is 0.417. The average molecular weight is 410 g/mol. The van der Waals surface area contributed by atoms with Crippen molar-refractivity contribution in [1.29, 1.82) is 0 Å². The molecule has 2 aromatic rings. The number of ether oxygens (including phenoxy) is 1. The maximum Gasteiger partial charge on any atom is 0.255 e. The Bertz CT molecular complexity index is 906. The van der Waals surface area contributed by atoms with Gasteiger partial charge in [-0.05, 0) is 56.2 Å². The zero-order chi connectivity index (χ0) is 21.7. The van der Waals surface area contributed by atoms with Crippen molar-refractivity contribution in [2.75, 3.05) is 29.9 Å². The van der Waals surface area contributed by atoms with Crippen molar-refractivity contribution in [2.45, 2.75) is 40.2 Å². The Labute approximate surface area is 178 Å². The Morgan fingerprint density at radius 2 is 1.87 bits per heavy atom. The molecular formula is C24H31N3O3. The third-order valence-corrected chi connectivity index (χ3v) is 5.25. The van der Waals surface area contributed by atoms with E-state index in [4.69, 9.17) is 4.74 Å². The number of rotatable bonds is 8. The van der Waals surface area contributed by atoms with Gasteiger partial charge in [0.2, 0.25) is 5.91 Å². The number of nitrogens with zero attached hydrogens (tertiary/aromatic N) is 1. The molecule has 0 aliphatic carbocycles. The van der Waals surface area contributed by atoms with Gasteiger partial charge in [-0.25, -0.2) is 0 Å². The molecule has 2 amide bonds. The first kappa shape index (κ1) is 21.7. The van der Waals surface area contributed by atoms with Crippen molar-refractivity contribution in [3.8, 4) is 5.75 Å². The molecule has 1 aliphatic heterocycles. The minimum absolute atomic E-state index is 0.0957. The zero-order valence-corrected chi connectivity index (χ0v) is 18.2. The molecule has 0 bridgehead atoms. The van der Waals surface area contributed by atoms with Gasteiger partial charge in [-0.15, -0.1) is 0 Å². The monoisotopic (exact) mass is 409 g/mol. The lowest BCUT2D eigenvalue weighted by Crippen LogP contribution is -2.37. The van der Waals surface area contributed by atoms with E-state index in [0.29, 0.717) is 23.6 Å². The van der Waals surface area contributed by atoms with E-state index >= 15 is 0 Å². The van der Waals surface area contributed by atoms with E-state index in [0.717, 1.165) is 18.7 Å². The number of hydrogen-bond acceptors (Lipinski definition) is 4. The number of nitrogens with one attached hydrogen (secondary N) is 2. The predicted molar refractivity (Wildman–Crippen MR) is 120 cm³/mol. The molecule has 3 rings (SSSR count). The fourth-order valence-electron chi connectivity index (χ4n) is 3.28. The van der Waals surface area contributed by atoms with Crippen molar-refractivity contribution in [2.24, 2.45) is 5.92 Å². The highest BCUT2D eigenvalue weighted by atomic mass is 16.5. The maximum absolute atomic E-state index is 13.1. The first-order valence-corrected chi connectivity index (χ1v) is 10.6. The molecule has 160 valence electrons. The van der Waals surface area contributed by atoms with Gasteiger partial charge in [0.25, 0.3) is 5.91 Å². The van der Waals surface area contributed by atoms with Gasteiger partial charge >= 0.3 is 0 Å². The van der Waals surface area contributed by atoms with Gasteiger partial charge in [-0.1, -0.05) is 26.0 Å². The van der Waals surface area contributed by atoms with Crippen LogP contribution < -0.4 is 20.3 Å². The van der Waals surface area contributed by atoms with Crippen LogP contribution in [0.5, 0.6) is 5.75 Å². The molecule has 1 atom stereocenters. The van der Waals surface area contributed by atoms with E-state index in [-0.39, 0.29) is 23.8 Å². The number of anilines is 2. The third kappa shape index (κ3) is 5.12. The first-order valence-electron chi connectivity index (χ1n) is 10.6. The molecule has 0 spiro atoms. The summed E-state index contributed by atoms with van der Waals surface area (Å²) < 4.78 is 5.65. The lowest BCUT2D eigenvalue weighted by atomic mass is 10.0. The molecule has 2 aromatic carbocycles. The summed E-state index contributed by atoms with van der Waals surface area (Å²) in [6.45, 7) is 10.1. The summed E-state index contributed by atoms with van der Waals surface area (Å²) in [5, 5.41) is 5.91. The Morgan fingerprint density at radius 1 is 1.10 bits per heavy atom. The summed E-state index contributed by atoms with van der Waals surface area (Å²) in [4.78, 5) is 27.4. The Morgan fingerprint density at radius 3 is 2.50 bits per heavy atom. The third-order valence-electron chi connectivity index (χ3n) is 5.25. The Hall–Kier alpha value is -3.02. The topological polar surface area (TPSA) is 70.7 Å². The summed E-state index contributed by atoms with van der Waals surface area (Å²) >= 11 is 0. The second-order valence-corrected chi connectivity index (χ2v) is 7.92. The number of amides is 2. The molecule has 1 unspecified atom stereocenters. The van der Waals surface area contributed by atoms with Crippen LogP contribution in [-0.2, 0) is 4.79 Å². The van der Waals surface area contributed by atoms with Crippen LogP contribution in [0.1, 0.15) is 56.1 Å². The molecule has 30 heavy (non-hydrogen) atoms. The van der Waals surface area contributed by atoms with Crippen LogP contribution in [0.15, 0.2) is 42.5 Å². The minimum Gasteiger partial charge on any atom is -0.493 e. The predicted octanol–water partition coefficient (Wildman–Crippen LogP) is 4.38. The highest BCUT2D eigenvalue weighted by Gasteiger charge is 2.19. The van der Waals surface area contributed by atoms with Gasteiger partial charge in [0.15, 0.2) is 0 Å². The number of carbonyl (C=O) groups excluding carboxylic acids is 2. The number of benzene rings is 2.